The normalized spacial score (nSPS) is 10.2. The highest BCUT2D eigenvalue weighted by Crippen LogP contribution is 2.20. The lowest BCUT2D eigenvalue weighted by atomic mass is 10.1. The van der Waals surface area contributed by atoms with Crippen molar-refractivity contribution in [2.45, 2.75) is 20.8 Å². The van der Waals surface area contributed by atoms with Crippen LogP contribution in [0.15, 0.2) is 60.8 Å². The highest BCUT2D eigenvalue weighted by molar-refractivity contribution is 6.03. The Morgan fingerprint density at radius 2 is 1.43 bits per heavy atom. The molecule has 0 bridgehead atoms. The van der Waals surface area contributed by atoms with Crippen LogP contribution in [0.1, 0.15) is 28.5 Å². The zero-order valence-corrected chi connectivity index (χ0v) is 16.0. The number of carbonyl (C=O) groups is 2. The van der Waals surface area contributed by atoms with Gasteiger partial charge in [-0.3, -0.25) is 14.6 Å². The van der Waals surface area contributed by atoms with Crippen LogP contribution in [0, 0.1) is 13.8 Å². The molecule has 28 heavy (non-hydrogen) atoms. The highest BCUT2D eigenvalue weighted by Gasteiger charge is 2.09. The van der Waals surface area contributed by atoms with Gasteiger partial charge in [-0.2, -0.15) is 0 Å². The summed E-state index contributed by atoms with van der Waals surface area (Å²) in [6, 6.07) is 16.6. The number of nitrogens with zero attached hydrogens (tertiary/aromatic N) is 1. The van der Waals surface area contributed by atoms with E-state index in [0.29, 0.717) is 5.69 Å². The smallest absolute Gasteiger partial charge is 0.274 e. The van der Waals surface area contributed by atoms with Crippen LogP contribution in [0.5, 0.6) is 0 Å². The third kappa shape index (κ3) is 4.94. The van der Waals surface area contributed by atoms with Gasteiger partial charge in [-0.1, -0.05) is 6.07 Å². The van der Waals surface area contributed by atoms with E-state index in [-0.39, 0.29) is 11.8 Å². The van der Waals surface area contributed by atoms with E-state index in [2.05, 4.69) is 20.9 Å². The molecule has 3 aromatic rings. The molecule has 1 aromatic heterocycles. The Morgan fingerprint density at radius 1 is 0.750 bits per heavy atom. The molecule has 0 aliphatic carbocycles. The Labute approximate surface area is 164 Å². The molecule has 0 aliphatic heterocycles. The fraction of sp³-hybridized carbons (Fsp3) is 0.136. The SMILES string of the molecule is CC(=O)Nc1ccc(Nc2ccnc(C(=O)Nc3ccc(C)c(C)c3)c2)cc1. The lowest BCUT2D eigenvalue weighted by Gasteiger charge is -2.10. The monoisotopic (exact) mass is 374 g/mol. The van der Waals surface area contributed by atoms with Gasteiger partial charge in [0.25, 0.3) is 5.91 Å². The average molecular weight is 374 g/mol. The second-order valence-electron chi connectivity index (χ2n) is 6.57. The first-order chi connectivity index (χ1) is 13.4. The lowest BCUT2D eigenvalue weighted by Crippen LogP contribution is -2.14. The van der Waals surface area contributed by atoms with Crippen LogP contribution in [-0.2, 0) is 4.79 Å². The second kappa shape index (κ2) is 8.35. The van der Waals surface area contributed by atoms with E-state index in [1.807, 2.05) is 44.2 Å². The van der Waals surface area contributed by atoms with Crippen LogP contribution in [0.3, 0.4) is 0 Å². The van der Waals surface area contributed by atoms with Gasteiger partial charge in [-0.25, -0.2) is 0 Å². The molecule has 2 amide bonds. The molecular weight excluding hydrogens is 352 g/mol. The Morgan fingerprint density at radius 3 is 2.11 bits per heavy atom. The molecule has 3 N–H and O–H groups in total. The van der Waals surface area contributed by atoms with Gasteiger partial charge in [0.2, 0.25) is 5.91 Å². The lowest BCUT2D eigenvalue weighted by molar-refractivity contribution is -0.114. The van der Waals surface area contributed by atoms with Gasteiger partial charge in [0, 0.05) is 35.9 Å². The number of amides is 2. The zero-order valence-electron chi connectivity index (χ0n) is 16.0. The number of aryl methyl sites for hydroxylation is 2. The molecule has 142 valence electrons. The molecular formula is C22H22N4O2. The molecule has 0 radical (unpaired) electrons. The largest absolute Gasteiger partial charge is 0.355 e. The maximum absolute atomic E-state index is 12.5. The van der Waals surface area contributed by atoms with E-state index in [1.165, 1.54) is 12.5 Å². The number of anilines is 4. The number of nitrogens with one attached hydrogen (secondary N) is 3. The molecule has 0 fully saturated rings. The first-order valence-corrected chi connectivity index (χ1v) is 8.90. The van der Waals surface area contributed by atoms with Crippen molar-refractivity contribution < 1.29 is 9.59 Å². The summed E-state index contributed by atoms with van der Waals surface area (Å²) in [6.45, 7) is 5.50. The van der Waals surface area contributed by atoms with Crippen molar-refractivity contribution >= 4 is 34.6 Å². The molecule has 0 atom stereocenters. The number of hydrogen-bond donors (Lipinski definition) is 3. The summed E-state index contributed by atoms with van der Waals surface area (Å²) in [5, 5.41) is 8.82. The Kier molecular flexibility index (Phi) is 5.69. The molecule has 3 rings (SSSR count). The zero-order chi connectivity index (χ0) is 20.1. The topological polar surface area (TPSA) is 83.1 Å². The fourth-order valence-corrected chi connectivity index (χ4v) is 2.65. The molecule has 1 heterocycles. The highest BCUT2D eigenvalue weighted by atomic mass is 16.2. The standard InChI is InChI=1S/C22H22N4O2/c1-14-4-5-19(12-15(14)2)26-22(28)21-13-20(10-11-23-21)25-18-8-6-17(7-9-18)24-16(3)27/h4-13H,1-3H3,(H,23,25)(H,24,27)(H,26,28). The van der Waals surface area contributed by atoms with Gasteiger partial charge in [-0.15, -0.1) is 0 Å². The quantitative estimate of drug-likeness (QED) is 0.607. The minimum atomic E-state index is -0.270. The van der Waals surface area contributed by atoms with Crippen LogP contribution >= 0.6 is 0 Å². The molecule has 0 spiro atoms. The Bertz CT molecular complexity index is 1010. The maximum atomic E-state index is 12.5. The van der Waals surface area contributed by atoms with E-state index in [9.17, 15) is 9.59 Å². The van der Waals surface area contributed by atoms with Crippen LogP contribution in [0.25, 0.3) is 0 Å². The molecule has 0 aliphatic rings. The fourth-order valence-electron chi connectivity index (χ4n) is 2.65. The van der Waals surface area contributed by atoms with Crippen molar-refractivity contribution in [3.05, 3.63) is 77.6 Å². The number of pyridine rings is 1. The predicted molar refractivity (Wildman–Crippen MR) is 112 cm³/mol. The summed E-state index contributed by atoms with van der Waals surface area (Å²) in [5.41, 5.74) is 5.64. The predicted octanol–water partition coefficient (Wildman–Crippen LogP) is 4.65. The first-order valence-electron chi connectivity index (χ1n) is 8.90. The van der Waals surface area contributed by atoms with Crippen LogP contribution in [0.4, 0.5) is 22.7 Å². The summed E-state index contributed by atoms with van der Waals surface area (Å²) in [6.07, 6.45) is 1.59. The summed E-state index contributed by atoms with van der Waals surface area (Å²) < 4.78 is 0. The van der Waals surface area contributed by atoms with Crippen molar-refractivity contribution in [1.29, 1.82) is 0 Å². The van der Waals surface area contributed by atoms with Gasteiger partial charge in [0.1, 0.15) is 5.69 Å². The number of carbonyl (C=O) groups excluding carboxylic acids is 2. The number of hydrogen-bond acceptors (Lipinski definition) is 4. The van der Waals surface area contributed by atoms with Gasteiger partial charge in [0.15, 0.2) is 0 Å². The molecule has 6 nitrogen and oxygen atoms in total. The first kappa shape index (κ1) is 19.1. The molecule has 0 unspecified atom stereocenters. The summed E-state index contributed by atoms with van der Waals surface area (Å²) in [4.78, 5) is 27.8. The summed E-state index contributed by atoms with van der Waals surface area (Å²) in [5.74, 6) is -0.387. The maximum Gasteiger partial charge on any atom is 0.274 e. The van der Waals surface area contributed by atoms with Crippen molar-refractivity contribution in [2.75, 3.05) is 16.0 Å². The van der Waals surface area contributed by atoms with Crippen molar-refractivity contribution in [2.24, 2.45) is 0 Å². The third-order valence-electron chi connectivity index (χ3n) is 4.25. The summed E-state index contributed by atoms with van der Waals surface area (Å²) in [7, 11) is 0. The molecule has 0 saturated heterocycles. The average Bonchev–Trinajstić information content (AvgIpc) is 2.66. The van der Waals surface area contributed by atoms with E-state index in [1.54, 1.807) is 30.5 Å². The van der Waals surface area contributed by atoms with Gasteiger partial charge >= 0.3 is 0 Å². The van der Waals surface area contributed by atoms with E-state index in [0.717, 1.165) is 28.3 Å². The van der Waals surface area contributed by atoms with Crippen molar-refractivity contribution in [1.82, 2.24) is 4.98 Å². The van der Waals surface area contributed by atoms with Crippen LogP contribution in [-0.4, -0.2) is 16.8 Å². The third-order valence-corrected chi connectivity index (χ3v) is 4.25. The molecule has 6 heteroatoms. The minimum Gasteiger partial charge on any atom is -0.355 e. The minimum absolute atomic E-state index is 0.116. The summed E-state index contributed by atoms with van der Waals surface area (Å²) >= 11 is 0. The van der Waals surface area contributed by atoms with Crippen molar-refractivity contribution in [3.8, 4) is 0 Å². The molecule has 2 aromatic carbocycles. The van der Waals surface area contributed by atoms with Crippen LogP contribution in [0.2, 0.25) is 0 Å². The number of rotatable bonds is 5. The Hall–Kier alpha value is -3.67. The number of benzene rings is 2. The van der Waals surface area contributed by atoms with E-state index >= 15 is 0 Å². The number of aromatic nitrogens is 1. The second-order valence-corrected chi connectivity index (χ2v) is 6.57. The van der Waals surface area contributed by atoms with Gasteiger partial charge < -0.3 is 16.0 Å². The van der Waals surface area contributed by atoms with Gasteiger partial charge in [0.05, 0.1) is 0 Å². The van der Waals surface area contributed by atoms with Crippen molar-refractivity contribution in [3.63, 3.8) is 0 Å². The van der Waals surface area contributed by atoms with E-state index in [4.69, 9.17) is 0 Å². The van der Waals surface area contributed by atoms with Gasteiger partial charge in [-0.05, 0) is 73.5 Å². The molecule has 0 saturated carbocycles. The van der Waals surface area contributed by atoms with E-state index < -0.39 is 0 Å². The Balaban J connectivity index is 1.70. The van der Waals surface area contributed by atoms with Crippen LogP contribution < -0.4 is 16.0 Å².